The fourth-order valence-electron chi connectivity index (χ4n) is 6.15. The number of hydrogen-bond acceptors (Lipinski definition) is 4. The lowest BCUT2D eigenvalue weighted by atomic mass is 9.75. The van der Waals surface area contributed by atoms with Gasteiger partial charge >= 0.3 is 0 Å². The molecule has 7 aromatic rings. The van der Waals surface area contributed by atoms with Crippen molar-refractivity contribution in [3.05, 3.63) is 139 Å². The first-order chi connectivity index (χ1) is 20.6. The second-order valence-corrected chi connectivity index (χ2v) is 11.1. The Hall–Kier alpha value is -5.42. The van der Waals surface area contributed by atoms with E-state index < -0.39 is 0 Å². The van der Waals surface area contributed by atoms with E-state index in [1.165, 1.54) is 5.56 Å². The van der Waals surface area contributed by atoms with Gasteiger partial charge in [-0.25, -0.2) is 4.98 Å². The molecule has 0 saturated heterocycles. The van der Waals surface area contributed by atoms with Crippen molar-refractivity contribution < 1.29 is 9.47 Å². The second kappa shape index (κ2) is 9.32. The van der Waals surface area contributed by atoms with Gasteiger partial charge in [-0.1, -0.05) is 68.4 Å². The topological polar surface area (TPSA) is 49.2 Å². The average molecular weight is 546 g/mol. The molecule has 202 valence electrons. The van der Waals surface area contributed by atoms with Gasteiger partial charge in [0, 0.05) is 51.3 Å². The van der Waals surface area contributed by atoms with Gasteiger partial charge in [0.05, 0.1) is 16.7 Å². The van der Waals surface area contributed by atoms with Crippen LogP contribution in [0.15, 0.2) is 128 Å². The van der Waals surface area contributed by atoms with Gasteiger partial charge in [0.2, 0.25) is 0 Å². The number of nitrogens with zero attached hydrogens (tertiary/aromatic N) is 3. The minimum atomic E-state index is -0.226. The summed E-state index contributed by atoms with van der Waals surface area (Å²) in [7, 11) is 0. The van der Waals surface area contributed by atoms with E-state index >= 15 is 0 Å². The molecule has 0 bridgehead atoms. The Bertz CT molecular complexity index is 2120. The van der Waals surface area contributed by atoms with Crippen molar-refractivity contribution in [1.82, 2.24) is 14.5 Å². The van der Waals surface area contributed by atoms with Crippen LogP contribution in [0.5, 0.6) is 23.0 Å². The number of ether oxygens (including phenoxy) is 2. The van der Waals surface area contributed by atoms with Crippen LogP contribution in [0.25, 0.3) is 38.9 Å². The molecule has 0 radical (unpaired) electrons. The zero-order chi connectivity index (χ0) is 28.3. The van der Waals surface area contributed by atoms with Crippen molar-refractivity contribution in [2.45, 2.75) is 19.3 Å². The van der Waals surface area contributed by atoms with E-state index in [2.05, 4.69) is 65.9 Å². The summed E-state index contributed by atoms with van der Waals surface area (Å²) < 4.78 is 15.3. The van der Waals surface area contributed by atoms with Crippen LogP contribution in [0.1, 0.15) is 25.0 Å². The van der Waals surface area contributed by atoms with Crippen LogP contribution >= 0.6 is 0 Å². The lowest BCUT2D eigenvalue weighted by molar-refractivity contribution is 0.421. The first-order valence-electron chi connectivity index (χ1n) is 14.1. The fraction of sp³-hybridized carbons (Fsp3) is 0.0811. The summed E-state index contributed by atoms with van der Waals surface area (Å²) in [5.74, 6) is 4.05. The van der Waals surface area contributed by atoms with Gasteiger partial charge in [-0.15, -0.1) is 0 Å². The molecule has 4 heterocycles. The molecular formula is C37H27N3O2. The minimum Gasteiger partial charge on any atom is -0.457 e. The Morgan fingerprint density at radius 3 is 2.29 bits per heavy atom. The lowest BCUT2D eigenvalue weighted by Gasteiger charge is -2.35. The molecule has 5 nitrogen and oxygen atoms in total. The summed E-state index contributed by atoms with van der Waals surface area (Å²) in [6, 6.07) is 38.9. The van der Waals surface area contributed by atoms with Gasteiger partial charge in [-0.2, -0.15) is 0 Å². The maximum atomic E-state index is 6.71. The summed E-state index contributed by atoms with van der Waals surface area (Å²) in [6.07, 6.45) is 3.63. The predicted molar refractivity (Wildman–Crippen MR) is 167 cm³/mol. The minimum absolute atomic E-state index is 0.226. The largest absolute Gasteiger partial charge is 0.457 e. The lowest BCUT2D eigenvalue weighted by Crippen LogP contribution is -2.24. The smallest absolute Gasteiger partial charge is 0.156 e. The number of pyridine rings is 2. The Morgan fingerprint density at radius 1 is 0.667 bits per heavy atom. The summed E-state index contributed by atoms with van der Waals surface area (Å²) in [6.45, 7) is 4.52. The first kappa shape index (κ1) is 24.4. The van der Waals surface area contributed by atoms with Gasteiger partial charge in [-0.05, 0) is 54.6 Å². The molecule has 0 amide bonds. The third-order valence-corrected chi connectivity index (χ3v) is 8.21. The molecule has 0 spiro atoms. The van der Waals surface area contributed by atoms with Gasteiger partial charge in [0.25, 0.3) is 0 Å². The second-order valence-electron chi connectivity index (χ2n) is 11.1. The highest BCUT2D eigenvalue weighted by Crippen LogP contribution is 2.52. The highest BCUT2D eigenvalue weighted by Gasteiger charge is 2.36. The quantitative estimate of drug-likeness (QED) is 0.221. The molecule has 8 rings (SSSR count). The average Bonchev–Trinajstić information content (AvgIpc) is 3.36. The van der Waals surface area contributed by atoms with E-state index in [9.17, 15) is 0 Å². The van der Waals surface area contributed by atoms with Crippen molar-refractivity contribution in [2.75, 3.05) is 0 Å². The standard InChI is InChI=1S/C37H27N3O2/c1-37(2)29-12-3-4-14-33(29)42-36-30(37)19-18-28-27-17-16-26(23-32(27)40(35(28)36)34-15-6-8-21-39-34)41-25-11-9-10-24(22-25)31-13-5-7-20-38-31/h3-23H,1-2H3. The molecule has 0 aliphatic carbocycles. The number of aromatic nitrogens is 3. The molecule has 0 saturated carbocycles. The molecule has 0 fully saturated rings. The molecule has 5 heteroatoms. The maximum absolute atomic E-state index is 6.71. The molecule has 0 N–H and O–H groups in total. The van der Waals surface area contributed by atoms with E-state index in [0.29, 0.717) is 0 Å². The molecule has 0 unspecified atom stereocenters. The van der Waals surface area contributed by atoms with Crippen molar-refractivity contribution in [2.24, 2.45) is 0 Å². The predicted octanol–water partition coefficient (Wildman–Crippen LogP) is 9.46. The Labute approximate surface area is 243 Å². The molecular weight excluding hydrogens is 518 g/mol. The van der Waals surface area contributed by atoms with Crippen molar-refractivity contribution in [3.8, 4) is 40.1 Å². The van der Waals surface area contributed by atoms with Gasteiger partial charge < -0.3 is 9.47 Å². The van der Waals surface area contributed by atoms with Crippen LogP contribution < -0.4 is 9.47 Å². The SMILES string of the molecule is CC1(C)c2ccccc2Oc2c1ccc1c3ccc(Oc4cccc(-c5ccccn5)c4)cc3n(-c3ccccn3)c21. The van der Waals surface area contributed by atoms with Crippen LogP contribution in [0.3, 0.4) is 0 Å². The first-order valence-corrected chi connectivity index (χ1v) is 14.1. The van der Waals surface area contributed by atoms with Crippen LogP contribution in [0.4, 0.5) is 0 Å². The molecule has 3 aromatic heterocycles. The zero-order valence-electron chi connectivity index (χ0n) is 23.3. The third kappa shape index (κ3) is 3.78. The summed E-state index contributed by atoms with van der Waals surface area (Å²) >= 11 is 0. The summed E-state index contributed by atoms with van der Waals surface area (Å²) in [4.78, 5) is 9.26. The van der Waals surface area contributed by atoms with E-state index in [0.717, 1.165) is 67.4 Å². The normalized spacial score (nSPS) is 13.4. The van der Waals surface area contributed by atoms with E-state index in [-0.39, 0.29) is 5.41 Å². The Morgan fingerprint density at radius 2 is 1.45 bits per heavy atom. The monoisotopic (exact) mass is 545 g/mol. The van der Waals surface area contributed by atoms with Gasteiger partial charge in [-0.3, -0.25) is 9.55 Å². The number of benzene rings is 4. The van der Waals surface area contributed by atoms with Crippen LogP contribution in [-0.2, 0) is 5.41 Å². The van der Waals surface area contributed by atoms with Crippen molar-refractivity contribution >= 4 is 21.8 Å². The number of fused-ring (bicyclic) bond motifs is 6. The Kier molecular flexibility index (Phi) is 5.41. The van der Waals surface area contributed by atoms with Gasteiger partial charge in [0.15, 0.2) is 5.75 Å². The third-order valence-electron chi connectivity index (χ3n) is 8.21. The maximum Gasteiger partial charge on any atom is 0.156 e. The Balaban J connectivity index is 1.32. The highest BCUT2D eigenvalue weighted by atomic mass is 16.5. The van der Waals surface area contributed by atoms with Crippen LogP contribution in [-0.4, -0.2) is 14.5 Å². The molecule has 1 aliphatic rings. The highest BCUT2D eigenvalue weighted by molar-refractivity contribution is 6.12. The fourth-order valence-corrected chi connectivity index (χ4v) is 6.15. The van der Waals surface area contributed by atoms with E-state index in [1.807, 2.05) is 79.0 Å². The number of rotatable bonds is 4. The molecule has 1 aliphatic heterocycles. The van der Waals surface area contributed by atoms with Crippen LogP contribution in [0, 0.1) is 0 Å². The van der Waals surface area contributed by atoms with E-state index in [1.54, 1.807) is 6.20 Å². The molecule has 42 heavy (non-hydrogen) atoms. The molecule has 4 aromatic carbocycles. The van der Waals surface area contributed by atoms with E-state index in [4.69, 9.17) is 14.5 Å². The van der Waals surface area contributed by atoms with Gasteiger partial charge in [0.1, 0.15) is 23.1 Å². The zero-order valence-corrected chi connectivity index (χ0v) is 23.3. The van der Waals surface area contributed by atoms with Crippen molar-refractivity contribution in [3.63, 3.8) is 0 Å². The summed E-state index contributed by atoms with van der Waals surface area (Å²) in [5, 5.41) is 2.21. The molecule has 0 atom stereocenters. The van der Waals surface area contributed by atoms with Crippen molar-refractivity contribution in [1.29, 1.82) is 0 Å². The van der Waals surface area contributed by atoms with Crippen LogP contribution in [0.2, 0.25) is 0 Å². The number of hydrogen-bond donors (Lipinski definition) is 0. The number of para-hydroxylation sites is 1. The summed E-state index contributed by atoms with van der Waals surface area (Å²) in [5.41, 5.74) is 6.01.